The molecule has 7 heteroatoms. The summed E-state index contributed by atoms with van der Waals surface area (Å²) in [7, 11) is 0. The number of ether oxygens (including phenoxy) is 1. The van der Waals surface area contributed by atoms with Crippen LogP contribution in [0.25, 0.3) is 0 Å². The molecule has 1 aromatic heterocycles. The Morgan fingerprint density at radius 3 is 2.94 bits per heavy atom. The van der Waals surface area contributed by atoms with E-state index in [1.54, 1.807) is 0 Å². The van der Waals surface area contributed by atoms with Gasteiger partial charge in [-0.25, -0.2) is 4.39 Å². The summed E-state index contributed by atoms with van der Waals surface area (Å²) in [4.78, 5) is 3.93. The smallest absolute Gasteiger partial charge is 0.399 e. The minimum absolute atomic E-state index is 0.000670. The van der Waals surface area contributed by atoms with Gasteiger partial charge in [0.05, 0.1) is 15.2 Å². The van der Waals surface area contributed by atoms with Crippen LogP contribution in [0, 0.1) is 5.82 Å². The van der Waals surface area contributed by atoms with Gasteiger partial charge in [-0.05, 0) is 22.0 Å². The van der Waals surface area contributed by atoms with Crippen molar-refractivity contribution >= 4 is 27.5 Å². The molecule has 0 aliphatic carbocycles. The summed E-state index contributed by atoms with van der Waals surface area (Å²) in [5.41, 5.74) is 5.91. The second kappa shape index (κ2) is 5.03. The van der Waals surface area contributed by atoms with Crippen LogP contribution in [0.3, 0.4) is 0 Å². The Morgan fingerprint density at radius 2 is 2.29 bits per heavy atom. The van der Waals surface area contributed by atoms with Gasteiger partial charge in [0.1, 0.15) is 17.8 Å². The Bertz CT molecular complexity index is 547. The third-order valence-corrected chi connectivity index (χ3v) is 2.82. The highest BCUT2D eigenvalue weighted by Gasteiger charge is 2.11. The highest BCUT2D eigenvalue weighted by Crippen LogP contribution is 2.33. The molecule has 1 aromatic carbocycles. The van der Waals surface area contributed by atoms with Crippen LogP contribution in [0.2, 0.25) is 5.02 Å². The third kappa shape index (κ3) is 2.77. The van der Waals surface area contributed by atoms with E-state index in [0.717, 1.165) is 6.07 Å². The molecule has 0 saturated heterocycles. The van der Waals surface area contributed by atoms with Crippen LogP contribution < -0.4 is 10.5 Å². The topological polar surface area (TPSA) is 61.3 Å². The molecule has 0 unspecified atom stereocenters. The van der Waals surface area contributed by atoms with E-state index < -0.39 is 5.82 Å². The van der Waals surface area contributed by atoms with Gasteiger partial charge in [-0.3, -0.25) is 0 Å². The van der Waals surface area contributed by atoms with Gasteiger partial charge < -0.3 is 14.9 Å². The summed E-state index contributed by atoms with van der Waals surface area (Å²) < 4.78 is 24.0. The molecule has 4 nitrogen and oxygen atoms in total. The number of benzene rings is 1. The quantitative estimate of drug-likeness (QED) is 0.879. The van der Waals surface area contributed by atoms with E-state index in [2.05, 4.69) is 20.9 Å². The van der Waals surface area contributed by atoms with Crippen molar-refractivity contribution in [2.45, 2.75) is 6.54 Å². The molecular weight excluding hydrogens is 314 g/mol. The molecule has 2 aromatic rings. The molecular formula is C10H7BrClFN2O2. The summed E-state index contributed by atoms with van der Waals surface area (Å²) >= 11 is 8.79. The molecule has 0 fully saturated rings. The fraction of sp³-hybridized carbons (Fsp3) is 0.100. The molecule has 0 amide bonds. The molecule has 2 N–H and O–H groups in total. The molecule has 90 valence electrons. The summed E-state index contributed by atoms with van der Waals surface area (Å²) in [5.74, 6) is -0.368. The van der Waals surface area contributed by atoms with Crippen molar-refractivity contribution in [2.75, 3.05) is 0 Å². The Hall–Kier alpha value is -1.11. The number of halogens is 3. The second-order valence-electron chi connectivity index (χ2n) is 3.11. The average molecular weight is 322 g/mol. The first-order chi connectivity index (χ1) is 8.10. The Balaban J connectivity index is 2.26. The van der Waals surface area contributed by atoms with Gasteiger partial charge in [0.2, 0.25) is 0 Å². The van der Waals surface area contributed by atoms with E-state index >= 15 is 0 Å². The van der Waals surface area contributed by atoms with E-state index in [-0.39, 0.29) is 23.4 Å². The lowest BCUT2D eigenvalue weighted by atomic mass is 10.3. The number of nitrogens with two attached hydrogens (primary N) is 1. The number of aromatic nitrogens is 1. The van der Waals surface area contributed by atoms with Crippen LogP contribution >= 0.6 is 27.5 Å². The van der Waals surface area contributed by atoms with Crippen LogP contribution in [0.15, 0.2) is 27.3 Å². The van der Waals surface area contributed by atoms with Crippen molar-refractivity contribution in [1.29, 1.82) is 0 Å². The maximum Gasteiger partial charge on any atom is 0.399 e. The van der Waals surface area contributed by atoms with E-state index in [1.165, 1.54) is 12.3 Å². The zero-order valence-electron chi connectivity index (χ0n) is 8.41. The second-order valence-corrected chi connectivity index (χ2v) is 4.37. The number of hydrogen-bond donors (Lipinski definition) is 1. The van der Waals surface area contributed by atoms with Crippen LogP contribution in [0.1, 0.15) is 5.69 Å². The van der Waals surface area contributed by atoms with Gasteiger partial charge in [0.25, 0.3) is 0 Å². The summed E-state index contributed by atoms with van der Waals surface area (Å²) in [5, 5.41) is -0.000670. The highest BCUT2D eigenvalue weighted by molar-refractivity contribution is 9.10. The number of rotatable bonds is 3. The van der Waals surface area contributed by atoms with E-state index in [1.807, 2.05) is 0 Å². The number of oxazole rings is 1. The van der Waals surface area contributed by atoms with Crippen molar-refractivity contribution in [3.63, 3.8) is 0 Å². The van der Waals surface area contributed by atoms with Gasteiger partial charge >= 0.3 is 6.08 Å². The summed E-state index contributed by atoms with van der Waals surface area (Å²) in [6.45, 7) is 0.239. The zero-order valence-corrected chi connectivity index (χ0v) is 10.8. The van der Waals surface area contributed by atoms with Crippen molar-refractivity contribution in [3.05, 3.63) is 39.4 Å². The van der Waals surface area contributed by atoms with E-state index in [9.17, 15) is 4.39 Å². The van der Waals surface area contributed by atoms with E-state index in [0.29, 0.717) is 10.2 Å². The Morgan fingerprint density at radius 1 is 1.53 bits per heavy atom. The lowest BCUT2D eigenvalue weighted by Gasteiger charge is -2.04. The predicted molar refractivity (Wildman–Crippen MR) is 63.6 cm³/mol. The maximum atomic E-state index is 13.2. The summed E-state index contributed by atoms with van der Waals surface area (Å²) in [6, 6.07) is 2.53. The van der Waals surface area contributed by atoms with Gasteiger partial charge in [0.15, 0.2) is 0 Å². The van der Waals surface area contributed by atoms with Crippen molar-refractivity contribution < 1.29 is 13.5 Å². The monoisotopic (exact) mass is 320 g/mol. The molecule has 17 heavy (non-hydrogen) atoms. The number of hydrogen-bond acceptors (Lipinski definition) is 4. The first-order valence-electron chi connectivity index (χ1n) is 4.57. The van der Waals surface area contributed by atoms with Crippen molar-refractivity contribution in [1.82, 2.24) is 4.98 Å². The first-order valence-corrected chi connectivity index (χ1v) is 5.74. The molecule has 0 saturated carbocycles. The molecule has 2 rings (SSSR count). The molecule has 0 bridgehead atoms. The number of nitrogens with zero attached hydrogens (tertiary/aromatic N) is 1. The highest BCUT2D eigenvalue weighted by atomic mass is 79.9. The minimum Gasteiger partial charge on any atom is -0.417 e. The fourth-order valence-electron chi connectivity index (χ4n) is 1.11. The van der Waals surface area contributed by atoms with Crippen molar-refractivity contribution in [3.8, 4) is 11.8 Å². The lowest BCUT2D eigenvalue weighted by Crippen LogP contribution is -1.96. The molecule has 1 heterocycles. The first kappa shape index (κ1) is 12.3. The van der Waals surface area contributed by atoms with Crippen LogP contribution in [0.4, 0.5) is 4.39 Å². The molecule has 0 radical (unpaired) electrons. The molecule has 0 aliphatic heterocycles. The largest absolute Gasteiger partial charge is 0.417 e. The minimum atomic E-state index is -0.588. The fourth-order valence-corrected chi connectivity index (χ4v) is 1.83. The zero-order chi connectivity index (χ0) is 12.4. The van der Waals surface area contributed by atoms with Crippen LogP contribution in [-0.4, -0.2) is 4.98 Å². The Kier molecular flexibility index (Phi) is 3.66. The van der Waals surface area contributed by atoms with Gasteiger partial charge in [-0.2, -0.15) is 4.98 Å². The summed E-state index contributed by atoms with van der Waals surface area (Å²) in [6.07, 6.45) is 1.36. The predicted octanol–water partition coefficient (Wildman–Crippen LogP) is 3.48. The van der Waals surface area contributed by atoms with Gasteiger partial charge in [-0.1, -0.05) is 11.6 Å². The van der Waals surface area contributed by atoms with Crippen LogP contribution in [0.5, 0.6) is 11.8 Å². The third-order valence-electron chi connectivity index (χ3n) is 1.91. The molecule has 0 atom stereocenters. The normalized spacial score (nSPS) is 10.6. The Labute approximate surface area is 110 Å². The average Bonchev–Trinajstić information content (AvgIpc) is 2.73. The van der Waals surface area contributed by atoms with Crippen LogP contribution in [-0.2, 0) is 6.54 Å². The molecule has 0 aliphatic rings. The van der Waals surface area contributed by atoms with Gasteiger partial charge in [0, 0.05) is 12.6 Å². The maximum absolute atomic E-state index is 13.2. The van der Waals surface area contributed by atoms with E-state index in [4.69, 9.17) is 26.5 Å². The van der Waals surface area contributed by atoms with Gasteiger partial charge in [-0.15, -0.1) is 0 Å². The van der Waals surface area contributed by atoms with Crippen molar-refractivity contribution in [2.24, 2.45) is 5.73 Å². The standard InChI is InChI=1S/C10H7BrClFN2O2/c11-6-1-7(12)8(13)2-9(6)17-10-15-5(3-14)4-16-10/h1-2,4H,3,14H2. The lowest BCUT2D eigenvalue weighted by molar-refractivity contribution is 0.328. The SMILES string of the molecule is NCc1coc(Oc2cc(F)c(Cl)cc2Br)n1. The molecule has 0 spiro atoms.